The summed E-state index contributed by atoms with van der Waals surface area (Å²) in [6.07, 6.45) is 1.12. The summed E-state index contributed by atoms with van der Waals surface area (Å²) in [5.41, 5.74) is 4.21. The molecule has 0 aliphatic rings. The van der Waals surface area contributed by atoms with Gasteiger partial charge in [0.05, 0.1) is 18.8 Å². The van der Waals surface area contributed by atoms with Crippen molar-refractivity contribution in [2.75, 3.05) is 19.5 Å². The van der Waals surface area contributed by atoms with Crippen molar-refractivity contribution in [2.45, 2.75) is 19.0 Å². The second kappa shape index (κ2) is 14.5. The van der Waals surface area contributed by atoms with Crippen LogP contribution in [0.3, 0.4) is 0 Å². The Morgan fingerprint density at radius 3 is 2.57 bits per heavy atom. The molecule has 4 amide bonds. The van der Waals surface area contributed by atoms with Gasteiger partial charge in [-0.1, -0.05) is 47.5 Å². The lowest BCUT2D eigenvalue weighted by Gasteiger charge is -2.18. The summed E-state index contributed by atoms with van der Waals surface area (Å²) in [5.74, 6) is 0.145. The zero-order chi connectivity index (χ0) is 32.6. The summed E-state index contributed by atoms with van der Waals surface area (Å²) in [5, 5.41) is 23.0. The number of halogens is 2. The fraction of sp³-hybridized carbons (Fsp3) is 0.167. The molecule has 3 aromatic carbocycles. The highest BCUT2D eigenvalue weighted by Crippen LogP contribution is 2.30. The highest BCUT2D eigenvalue weighted by atomic mass is 35.5. The van der Waals surface area contributed by atoms with Gasteiger partial charge in [-0.15, -0.1) is 5.10 Å². The number of ether oxygens (including phenoxy) is 1. The Labute approximate surface area is 272 Å². The van der Waals surface area contributed by atoms with E-state index in [1.54, 1.807) is 67.7 Å². The third-order valence-electron chi connectivity index (χ3n) is 6.84. The molecule has 0 fully saturated rings. The van der Waals surface area contributed by atoms with E-state index in [2.05, 4.69) is 46.5 Å². The van der Waals surface area contributed by atoms with Crippen LogP contribution in [0.25, 0.3) is 16.9 Å². The second-order valence-electron chi connectivity index (χ2n) is 9.87. The SMILES string of the molecule is CNC(=O)c1cccc(CC(NC(=O)NCc2cc(Cl)ccc2-n2cnnn2)c2nc(-c3ccc(NC(=O)OC)cc3)c(Cl)[nH]2)c1. The van der Waals surface area contributed by atoms with Crippen molar-refractivity contribution in [2.24, 2.45) is 0 Å². The summed E-state index contributed by atoms with van der Waals surface area (Å²) in [6, 6.07) is 17.9. The Bertz CT molecular complexity index is 1840. The number of anilines is 1. The Balaban J connectivity index is 1.39. The Morgan fingerprint density at radius 1 is 1.04 bits per heavy atom. The van der Waals surface area contributed by atoms with E-state index in [-0.39, 0.29) is 24.0 Å². The molecule has 0 aliphatic carbocycles. The number of benzene rings is 3. The van der Waals surface area contributed by atoms with Gasteiger partial charge < -0.3 is 25.7 Å². The molecule has 14 nitrogen and oxygen atoms in total. The van der Waals surface area contributed by atoms with Gasteiger partial charge in [-0.3, -0.25) is 10.1 Å². The van der Waals surface area contributed by atoms with Gasteiger partial charge in [-0.25, -0.2) is 19.3 Å². The lowest BCUT2D eigenvalue weighted by Crippen LogP contribution is -2.39. The topological polar surface area (TPSA) is 181 Å². The third-order valence-corrected chi connectivity index (χ3v) is 7.34. The molecule has 0 saturated carbocycles. The molecule has 0 radical (unpaired) electrons. The number of imidazole rings is 1. The Hall–Kier alpha value is -5.47. The van der Waals surface area contributed by atoms with Crippen LogP contribution in [-0.4, -0.2) is 62.4 Å². The maximum atomic E-state index is 13.3. The summed E-state index contributed by atoms with van der Waals surface area (Å²) in [6.45, 7) is 0.108. The largest absolute Gasteiger partial charge is 0.453 e. The molecule has 2 aromatic heterocycles. The molecule has 0 bridgehead atoms. The number of methoxy groups -OCH3 is 1. The molecule has 236 valence electrons. The van der Waals surface area contributed by atoms with Crippen molar-refractivity contribution in [1.82, 2.24) is 46.1 Å². The normalized spacial score (nSPS) is 11.4. The van der Waals surface area contributed by atoms with Crippen LogP contribution in [-0.2, 0) is 17.7 Å². The first kappa shape index (κ1) is 31.9. The van der Waals surface area contributed by atoms with Gasteiger partial charge in [0.1, 0.15) is 23.0 Å². The van der Waals surface area contributed by atoms with Crippen molar-refractivity contribution in [1.29, 1.82) is 0 Å². The number of aromatic amines is 1. The van der Waals surface area contributed by atoms with E-state index in [9.17, 15) is 14.4 Å². The number of hydrogen-bond donors (Lipinski definition) is 5. The molecule has 2 heterocycles. The predicted molar refractivity (Wildman–Crippen MR) is 171 cm³/mol. The first-order chi connectivity index (χ1) is 22.2. The fourth-order valence-electron chi connectivity index (χ4n) is 4.62. The molecule has 5 N–H and O–H groups in total. The minimum absolute atomic E-state index is 0.108. The first-order valence-electron chi connectivity index (χ1n) is 13.8. The molecule has 46 heavy (non-hydrogen) atoms. The van der Waals surface area contributed by atoms with E-state index in [1.165, 1.54) is 18.1 Å². The zero-order valence-corrected chi connectivity index (χ0v) is 26.1. The average Bonchev–Trinajstić information content (AvgIpc) is 3.74. The average molecular weight is 664 g/mol. The number of amides is 4. The minimum Gasteiger partial charge on any atom is -0.453 e. The van der Waals surface area contributed by atoms with Gasteiger partial charge in [0.25, 0.3) is 5.91 Å². The predicted octanol–water partition coefficient (Wildman–Crippen LogP) is 4.68. The smallest absolute Gasteiger partial charge is 0.411 e. The zero-order valence-electron chi connectivity index (χ0n) is 24.5. The number of urea groups is 1. The fourth-order valence-corrected chi connectivity index (χ4v) is 5.06. The second-order valence-corrected chi connectivity index (χ2v) is 10.7. The number of rotatable bonds is 10. The van der Waals surface area contributed by atoms with Gasteiger partial charge >= 0.3 is 12.1 Å². The molecule has 5 aromatic rings. The number of H-pyrrole nitrogens is 1. The van der Waals surface area contributed by atoms with Crippen LogP contribution in [0.5, 0.6) is 0 Å². The Morgan fingerprint density at radius 2 is 1.85 bits per heavy atom. The van der Waals surface area contributed by atoms with E-state index >= 15 is 0 Å². The number of carbonyl (C=O) groups excluding carboxylic acids is 3. The van der Waals surface area contributed by atoms with Gasteiger partial charge in [0.15, 0.2) is 0 Å². The van der Waals surface area contributed by atoms with Crippen molar-refractivity contribution in [3.05, 3.63) is 106 Å². The molecule has 16 heteroatoms. The van der Waals surface area contributed by atoms with E-state index < -0.39 is 18.2 Å². The molecule has 0 saturated heterocycles. The summed E-state index contributed by atoms with van der Waals surface area (Å²) >= 11 is 12.8. The maximum Gasteiger partial charge on any atom is 0.411 e. The number of nitrogens with zero attached hydrogens (tertiary/aromatic N) is 5. The number of tetrazole rings is 1. The van der Waals surface area contributed by atoms with Gasteiger partial charge in [-0.2, -0.15) is 0 Å². The monoisotopic (exact) mass is 662 g/mol. The van der Waals surface area contributed by atoms with E-state index in [4.69, 9.17) is 28.2 Å². The van der Waals surface area contributed by atoms with Crippen LogP contribution in [0.1, 0.15) is 33.4 Å². The van der Waals surface area contributed by atoms with Crippen LogP contribution in [0.2, 0.25) is 10.2 Å². The van der Waals surface area contributed by atoms with Crippen molar-refractivity contribution in [3.63, 3.8) is 0 Å². The van der Waals surface area contributed by atoms with Crippen LogP contribution < -0.4 is 21.3 Å². The molecule has 1 atom stereocenters. The highest BCUT2D eigenvalue weighted by Gasteiger charge is 2.22. The highest BCUT2D eigenvalue weighted by molar-refractivity contribution is 6.32. The van der Waals surface area contributed by atoms with Crippen LogP contribution >= 0.6 is 23.2 Å². The van der Waals surface area contributed by atoms with Crippen LogP contribution in [0.4, 0.5) is 15.3 Å². The number of aromatic nitrogens is 6. The molecule has 0 spiro atoms. The quantitative estimate of drug-likeness (QED) is 0.143. The van der Waals surface area contributed by atoms with Gasteiger partial charge in [0.2, 0.25) is 0 Å². The van der Waals surface area contributed by atoms with Gasteiger partial charge in [0, 0.05) is 35.4 Å². The van der Waals surface area contributed by atoms with Gasteiger partial charge in [-0.05, 0) is 70.4 Å². The van der Waals surface area contributed by atoms with Crippen molar-refractivity contribution in [3.8, 4) is 16.9 Å². The minimum atomic E-state index is -0.690. The number of hydrogen-bond acceptors (Lipinski definition) is 8. The van der Waals surface area contributed by atoms with Crippen molar-refractivity contribution >= 4 is 46.9 Å². The first-order valence-corrected chi connectivity index (χ1v) is 14.6. The van der Waals surface area contributed by atoms with E-state index in [0.717, 1.165) is 5.56 Å². The molecular weight excluding hydrogens is 635 g/mol. The lowest BCUT2D eigenvalue weighted by molar-refractivity contribution is 0.0963. The third kappa shape index (κ3) is 7.78. The van der Waals surface area contributed by atoms with Crippen LogP contribution in [0.15, 0.2) is 73.1 Å². The van der Waals surface area contributed by atoms with Crippen molar-refractivity contribution < 1.29 is 19.1 Å². The summed E-state index contributed by atoms with van der Waals surface area (Å²) in [4.78, 5) is 45.0. The Kier molecular flexibility index (Phi) is 10.1. The molecule has 1 unspecified atom stereocenters. The summed E-state index contributed by atoms with van der Waals surface area (Å²) in [7, 11) is 2.83. The lowest BCUT2D eigenvalue weighted by atomic mass is 10.0. The molecular formula is C30H28Cl2N10O4. The molecule has 5 rings (SSSR count). The van der Waals surface area contributed by atoms with E-state index in [1.807, 2.05) is 6.07 Å². The van der Waals surface area contributed by atoms with E-state index in [0.29, 0.717) is 44.6 Å². The number of carbonyl (C=O) groups is 3. The number of nitrogens with one attached hydrogen (secondary N) is 5. The standard InChI is InChI=1S/C30H28Cl2N10O4/c1-33-28(43)19-5-3-4-17(12-19)13-23(27-38-25(26(32)39-27)18-6-9-22(10-7-18)36-30(45)46-2)37-29(44)34-15-20-14-21(31)8-11-24(20)42-16-35-40-41-42/h3-12,14,16,23H,13,15H2,1-2H3,(H,33,43)(H,36,45)(H,38,39)(H2,34,37,44). The van der Waals surface area contributed by atoms with Crippen LogP contribution in [0, 0.1) is 0 Å². The molecule has 0 aliphatic heterocycles. The summed E-state index contributed by atoms with van der Waals surface area (Å²) < 4.78 is 6.10. The maximum absolute atomic E-state index is 13.3.